The number of hydrogen-bond acceptors (Lipinski definition) is 4. The number of carbonyl (C=O) groups is 2. The Kier molecular flexibility index (Phi) is 6.32. The molecule has 1 aliphatic carbocycles. The van der Waals surface area contributed by atoms with Crippen LogP contribution >= 0.6 is 0 Å². The second kappa shape index (κ2) is 9.52. The van der Waals surface area contributed by atoms with Crippen molar-refractivity contribution in [3.63, 3.8) is 0 Å². The predicted octanol–water partition coefficient (Wildman–Crippen LogP) is 5.23. The van der Waals surface area contributed by atoms with Gasteiger partial charge in [0.15, 0.2) is 11.6 Å². The first kappa shape index (κ1) is 21.9. The first-order valence-corrected chi connectivity index (χ1v) is 12.2. The molecule has 0 atom stereocenters. The predicted molar refractivity (Wildman–Crippen MR) is 130 cm³/mol. The lowest BCUT2D eigenvalue weighted by Gasteiger charge is -2.31. The average Bonchev–Trinajstić information content (AvgIpc) is 3.65. The SMILES string of the molecule is COc1cccc2c(C(=O)C3CC3)cn(CCCN3CCC(C(=O)c4ccccc4)CC3)c12. The van der Waals surface area contributed by atoms with E-state index in [1.165, 1.54) is 0 Å². The van der Waals surface area contributed by atoms with E-state index < -0.39 is 0 Å². The van der Waals surface area contributed by atoms with E-state index in [-0.39, 0.29) is 23.4 Å². The van der Waals surface area contributed by atoms with Gasteiger partial charge in [-0.2, -0.15) is 0 Å². The molecule has 1 aliphatic heterocycles. The van der Waals surface area contributed by atoms with Crippen LogP contribution in [-0.2, 0) is 6.54 Å². The van der Waals surface area contributed by atoms with Crippen LogP contribution in [0.25, 0.3) is 10.9 Å². The molecule has 3 aromatic rings. The number of hydrogen-bond donors (Lipinski definition) is 0. The molecule has 5 nitrogen and oxygen atoms in total. The number of aryl methyl sites for hydroxylation is 1. The van der Waals surface area contributed by atoms with E-state index in [4.69, 9.17) is 4.74 Å². The van der Waals surface area contributed by atoms with Gasteiger partial charge in [-0.25, -0.2) is 0 Å². The monoisotopic (exact) mass is 444 g/mol. The highest BCUT2D eigenvalue weighted by Gasteiger charge is 2.32. The van der Waals surface area contributed by atoms with E-state index in [9.17, 15) is 9.59 Å². The Hall–Kier alpha value is -2.92. The Morgan fingerprint density at radius 1 is 0.879 bits per heavy atom. The first-order valence-electron chi connectivity index (χ1n) is 12.2. The molecule has 2 aliphatic rings. The Bertz CT molecular complexity index is 1140. The zero-order chi connectivity index (χ0) is 22.8. The number of carbonyl (C=O) groups excluding carboxylic acids is 2. The molecule has 172 valence electrons. The summed E-state index contributed by atoms with van der Waals surface area (Å²) in [6, 6.07) is 15.7. The van der Waals surface area contributed by atoms with Gasteiger partial charge < -0.3 is 14.2 Å². The number of benzene rings is 2. The van der Waals surface area contributed by atoms with Crippen LogP contribution in [-0.4, -0.2) is 47.8 Å². The molecule has 2 aromatic carbocycles. The Morgan fingerprint density at radius 2 is 1.61 bits per heavy atom. The lowest BCUT2D eigenvalue weighted by molar-refractivity contribution is 0.0838. The van der Waals surface area contributed by atoms with Gasteiger partial charge in [-0.15, -0.1) is 0 Å². The summed E-state index contributed by atoms with van der Waals surface area (Å²) in [4.78, 5) is 28.1. The van der Waals surface area contributed by atoms with Gasteiger partial charge in [0, 0.05) is 41.1 Å². The maximum absolute atomic E-state index is 12.9. The minimum atomic E-state index is 0.136. The van der Waals surface area contributed by atoms with Gasteiger partial charge in [-0.3, -0.25) is 9.59 Å². The largest absolute Gasteiger partial charge is 0.495 e. The molecule has 5 heteroatoms. The topological polar surface area (TPSA) is 51.5 Å². The Morgan fingerprint density at radius 3 is 2.30 bits per heavy atom. The summed E-state index contributed by atoms with van der Waals surface area (Å²) in [5.41, 5.74) is 2.70. The summed E-state index contributed by atoms with van der Waals surface area (Å²) >= 11 is 0. The van der Waals surface area contributed by atoms with Crippen molar-refractivity contribution in [1.82, 2.24) is 9.47 Å². The van der Waals surface area contributed by atoms with Gasteiger partial charge in [0.1, 0.15) is 5.75 Å². The number of piperidine rings is 1. The number of Topliss-reactive ketones (excluding diaryl/α,β-unsaturated/α-hetero) is 2. The second-order valence-corrected chi connectivity index (χ2v) is 9.43. The molecule has 0 unspecified atom stereocenters. The highest BCUT2D eigenvalue weighted by Crippen LogP contribution is 2.37. The van der Waals surface area contributed by atoms with Crippen molar-refractivity contribution in [2.45, 2.75) is 38.6 Å². The van der Waals surface area contributed by atoms with Crippen LogP contribution < -0.4 is 4.74 Å². The Labute approximate surface area is 195 Å². The number of ketones is 2. The smallest absolute Gasteiger partial charge is 0.168 e. The molecule has 0 bridgehead atoms. The van der Waals surface area contributed by atoms with Crippen LogP contribution in [0, 0.1) is 11.8 Å². The van der Waals surface area contributed by atoms with Crippen molar-refractivity contribution in [3.05, 3.63) is 65.9 Å². The number of ether oxygens (including phenoxy) is 1. The van der Waals surface area contributed by atoms with Crippen molar-refractivity contribution in [3.8, 4) is 5.75 Å². The lowest BCUT2D eigenvalue weighted by Crippen LogP contribution is -2.37. The highest BCUT2D eigenvalue weighted by molar-refractivity contribution is 6.11. The van der Waals surface area contributed by atoms with Gasteiger partial charge in [-0.1, -0.05) is 42.5 Å². The molecule has 2 fully saturated rings. The summed E-state index contributed by atoms with van der Waals surface area (Å²) in [6.45, 7) is 3.76. The minimum absolute atomic E-state index is 0.136. The quantitative estimate of drug-likeness (QED) is 0.424. The molecule has 0 spiro atoms. The summed E-state index contributed by atoms with van der Waals surface area (Å²) in [5, 5.41) is 1.01. The number of methoxy groups -OCH3 is 1. The van der Waals surface area contributed by atoms with Crippen molar-refractivity contribution < 1.29 is 14.3 Å². The summed E-state index contributed by atoms with van der Waals surface area (Å²) in [7, 11) is 1.69. The molecule has 2 heterocycles. The Balaban J connectivity index is 1.20. The van der Waals surface area contributed by atoms with E-state index >= 15 is 0 Å². The highest BCUT2D eigenvalue weighted by atomic mass is 16.5. The second-order valence-electron chi connectivity index (χ2n) is 9.43. The van der Waals surface area contributed by atoms with Crippen LogP contribution in [0.5, 0.6) is 5.75 Å². The van der Waals surface area contributed by atoms with Crippen molar-refractivity contribution in [2.75, 3.05) is 26.7 Å². The third-order valence-electron chi connectivity index (χ3n) is 7.18. The molecule has 0 radical (unpaired) electrons. The number of rotatable bonds is 9. The van der Waals surface area contributed by atoms with Crippen LogP contribution in [0.2, 0.25) is 0 Å². The molecular formula is C28H32N2O3. The minimum Gasteiger partial charge on any atom is -0.495 e. The van der Waals surface area contributed by atoms with E-state index in [0.29, 0.717) is 0 Å². The van der Waals surface area contributed by atoms with Gasteiger partial charge in [0.05, 0.1) is 12.6 Å². The standard InChI is InChI=1S/C28H32N2O3/c1-33-25-10-5-9-23-24(28(32)21-11-12-21)19-30(26(23)25)16-6-15-29-17-13-22(14-18-29)27(31)20-7-3-2-4-8-20/h2-5,7-10,19,21-22H,6,11-18H2,1H3. The summed E-state index contributed by atoms with van der Waals surface area (Å²) < 4.78 is 7.83. The number of fused-ring (bicyclic) bond motifs is 1. The van der Waals surface area contributed by atoms with Crippen molar-refractivity contribution >= 4 is 22.5 Å². The lowest BCUT2D eigenvalue weighted by atomic mass is 9.89. The van der Waals surface area contributed by atoms with Gasteiger partial charge in [-0.05, 0) is 57.8 Å². The molecule has 1 saturated carbocycles. The number of likely N-dealkylation sites (tertiary alicyclic amines) is 1. The van der Waals surface area contributed by atoms with Crippen LogP contribution in [0.1, 0.15) is 52.8 Å². The van der Waals surface area contributed by atoms with E-state index in [2.05, 4.69) is 9.47 Å². The number of nitrogens with zero attached hydrogens (tertiary/aromatic N) is 2. The number of aromatic nitrogens is 1. The van der Waals surface area contributed by atoms with Gasteiger partial charge in [0.25, 0.3) is 0 Å². The molecular weight excluding hydrogens is 412 g/mol. The van der Waals surface area contributed by atoms with Crippen molar-refractivity contribution in [1.29, 1.82) is 0 Å². The van der Waals surface area contributed by atoms with Crippen molar-refractivity contribution in [2.24, 2.45) is 11.8 Å². The maximum atomic E-state index is 12.9. The first-order chi connectivity index (χ1) is 16.2. The molecule has 33 heavy (non-hydrogen) atoms. The number of para-hydroxylation sites is 1. The maximum Gasteiger partial charge on any atom is 0.168 e. The van der Waals surface area contributed by atoms with E-state index in [1.54, 1.807) is 7.11 Å². The van der Waals surface area contributed by atoms with Crippen LogP contribution in [0.15, 0.2) is 54.7 Å². The summed E-state index contributed by atoms with van der Waals surface area (Å²) in [5.74, 6) is 1.72. The van der Waals surface area contributed by atoms with Gasteiger partial charge >= 0.3 is 0 Å². The van der Waals surface area contributed by atoms with E-state index in [1.807, 2.05) is 54.7 Å². The molecule has 1 aromatic heterocycles. The molecule has 1 saturated heterocycles. The fraction of sp³-hybridized carbons (Fsp3) is 0.429. The zero-order valence-corrected chi connectivity index (χ0v) is 19.3. The van der Waals surface area contributed by atoms with Crippen LogP contribution in [0.3, 0.4) is 0 Å². The molecule has 5 rings (SSSR count). The fourth-order valence-corrected chi connectivity index (χ4v) is 5.15. The fourth-order valence-electron chi connectivity index (χ4n) is 5.15. The third-order valence-corrected chi connectivity index (χ3v) is 7.18. The zero-order valence-electron chi connectivity index (χ0n) is 19.3. The summed E-state index contributed by atoms with van der Waals surface area (Å²) in [6.07, 6.45) is 6.91. The average molecular weight is 445 g/mol. The normalized spacial score (nSPS) is 17.4. The molecule has 0 amide bonds. The third kappa shape index (κ3) is 4.60. The van der Waals surface area contributed by atoms with Crippen LogP contribution in [0.4, 0.5) is 0 Å². The van der Waals surface area contributed by atoms with Gasteiger partial charge in [0.2, 0.25) is 0 Å². The van der Waals surface area contributed by atoms with E-state index in [0.717, 1.165) is 86.1 Å². The molecule has 0 N–H and O–H groups in total.